The van der Waals surface area contributed by atoms with Gasteiger partial charge in [0.05, 0.1) is 37.0 Å². The van der Waals surface area contributed by atoms with Crippen molar-refractivity contribution in [2.45, 2.75) is 0 Å². The number of rotatable bonds is 4. The zero-order valence-corrected chi connectivity index (χ0v) is 14.2. The van der Waals surface area contributed by atoms with Gasteiger partial charge in [0.25, 0.3) is 0 Å². The van der Waals surface area contributed by atoms with E-state index in [-0.39, 0.29) is 5.91 Å². The first-order chi connectivity index (χ1) is 12.8. The lowest BCUT2D eigenvalue weighted by Crippen LogP contribution is -2.36. The van der Waals surface area contributed by atoms with Gasteiger partial charge >= 0.3 is 0 Å². The van der Waals surface area contributed by atoms with Crippen LogP contribution in [0.1, 0.15) is 5.69 Å². The van der Waals surface area contributed by atoms with Crippen molar-refractivity contribution in [1.82, 2.24) is 14.4 Å². The minimum Gasteiger partial charge on any atom is -0.378 e. The SMILES string of the molecule is O=C(/C=C/c1cnc2ccccn12)Nc1ccc(N2CCOCC2)nc1. The number of carbonyl (C=O) groups is 1. The molecule has 0 saturated carbocycles. The summed E-state index contributed by atoms with van der Waals surface area (Å²) in [6.45, 7) is 3.10. The van der Waals surface area contributed by atoms with Crippen LogP contribution >= 0.6 is 0 Å². The van der Waals surface area contributed by atoms with Crippen LogP contribution in [0.4, 0.5) is 11.5 Å². The van der Waals surface area contributed by atoms with Gasteiger partial charge in [0.1, 0.15) is 11.5 Å². The Bertz CT molecular complexity index is 927. The molecule has 1 fully saturated rings. The van der Waals surface area contributed by atoms with Crippen molar-refractivity contribution in [1.29, 1.82) is 0 Å². The van der Waals surface area contributed by atoms with Gasteiger partial charge in [-0.15, -0.1) is 0 Å². The Labute approximate surface area is 150 Å². The smallest absolute Gasteiger partial charge is 0.248 e. The molecule has 0 bridgehead atoms. The Hall–Kier alpha value is -3.19. The van der Waals surface area contributed by atoms with E-state index in [0.29, 0.717) is 18.9 Å². The summed E-state index contributed by atoms with van der Waals surface area (Å²) in [5, 5.41) is 2.82. The van der Waals surface area contributed by atoms with Crippen LogP contribution in [-0.2, 0) is 9.53 Å². The first-order valence-corrected chi connectivity index (χ1v) is 8.49. The van der Waals surface area contributed by atoms with Gasteiger partial charge in [-0.25, -0.2) is 9.97 Å². The maximum Gasteiger partial charge on any atom is 0.248 e. The van der Waals surface area contributed by atoms with Crippen molar-refractivity contribution in [2.24, 2.45) is 0 Å². The zero-order valence-electron chi connectivity index (χ0n) is 14.2. The van der Waals surface area contributed by atoms with Crippen molar-refractivity contribution >= 4 is 29.1 Å². The number of morpholine rings is 1. The van der Waals surface area contributed by atoms with Crippen LogP contribution in [0.5, 0.6) is 0 Å². The number of nitrogens with zero attached hydrogens (tertiary/aromatic N) is 4. The second kappa shape index (κ2) is 7.37. The number of aromatic nitrogens is 3. The van der Waals surface area contributed by atoms with Crippen molar-refractivity contribution in [3.8, 4) is 0 Å². The Balaban J connectivity index is 1.40. The largest absolute Gasteiger partial charge is 0.378 e. The molecule has 1 aliphatic heterocycles. The zero-order chi connectivity index (χ0) is 17.8. The van der Waals surface area contributed by atoms with E-state index in [1.807, 2.05) is 40.9 Å². The molecule has 3 aromatic heterocycles. The average molecular weight is 349 g/mol. The van der Waals surface area contributed by atoms with Gasteiger partial charge in [0.2, 0.25) is 5.91 Å². The third-order valence-corrected chi connectivity index (χ3v) is 4.20. The van der Waals surface area contributed by atoms with E-state index < -0.39 is 0 Å². The lowest BCUT2D eigenvalue weighted by atomic mass is 10.3. The summed E-state index contributed by atoms with van der Waals surface area (Å²) in [6, 6.07) is 9.54. The fourth-order valence-electron chi connectivity index (χ4n) is 2.86. The maximum absolute atomic E-state index is 12.1. The lowest BCUT2D eigenvalue weighted by Gasteiger charge is -2.27. The highest BCUT2D eigenvalue weighted by atomic mass is 16.5. The number of hydrogen-bond donors (Lipinski definition) is 1. The van der Waals surface area contributed by atoms with Crippen LogP contribution in [0.25, 0.3) is 11.7 Å². The predicted octanol–water partition coefficient (Wildman–Crippen LogP) is 2.22. The molecule has 7 nitrogen and oxygen atoms in total. The van der Waals surface area contributed by atoms with E-state index in [9.17, 15) is 4.79 Å². The number of nitrogens with one attached hydrogen (secondary N) is 1. The maximum atomic E-state index is 12.1. The number of pyridine rings is 2. The molecular weight excluding hydrogens is 330 g/mol. The minimum absolute atomic E-state index is 0.211. The van der Waals surface area contributed by atoms with Crippen molar-refractivity contribution in [2.75, 3.05) is 36.5 Å². The number of amides is 1. The van der Waals surface area contributed by atoms with Gasteiger partial charge in [-0.2, -0.15) is 0 Å². The third kappa shape index (κ3) is 3.57. The van der Waals surface area contributed by atoms with Crippen LogP contribution in [0.2, 0.25) is 0 Å². The van der Waals surface area contributed by atoms with Crippen LogP contribution in [-0.4, -0.2) is 46.6 Å². The normalized spacial score (nSPS) is 14.8. The van der Waals surface area contributed by atoms with Gasteiger partial charge in [-0.05, 0) is 30.3 Å². The van der Waals surface area contributed by atoms with E-state index in [2.05, 4.69) is 20.2 Å². The molecule has 26 heavy (non-hydrogen) atoms. The average Bonchev–Trinajstić information content (AvgIpc) is 3.11. The summed E-state index contributed by atoms with van der Waals surface area (Å²) in [6.07, 6.45) is 8.55. The summed E-state index contributed by atoms with van der Waals surface area (Å²) >= 11 is 0. The molecule has 7 heteroatoms. The molecule has 1 amide bonds. The van der Waals surface area contributed by atoms with Gasteiger partial charge in [0.15, 0.2) is 0 Å². The van der Waals surface area contributed by atoms with E-state index >= 15 is 0 Å². The number of anilines is 2. The van der Waals surface area contributed by atoms with Crippen LogP contribution in [0, 0.1) is 0 Å². The molecule has 1 aliphatic rings. The number of fused-ring (bicyclic) bond motifs is 1. The fraction of sp³-hybridized carbons (Fsp3) is 0.211. The number of imidazole rings is 1. The summed E-state index contributed by atoms with van der Waals surface area (Å²) in [5.74, 6) is 0.685. The van der Waals surface area contributed by atoms with E-state index in [4.69, 9.17) is 4.74 Å². The highest BCUT2D eigenvalue weighted by molar-refractivity contribution is 6.01. The molecule has 0 unspecified atom stereocenters. The first kappa shape index (κ1) is 16.3. The molecule has 1 saturated heterocycles. The van der Waals surface area contributed by atoms with E-state index in [0.717, 1.165) is 30.2 Å². The van der Waals surface area contributed by atoms with Gasteiger partial charge < -0.3 is 19.4 Å². The van der Waals surface area contributed by atoms with Crippen LogP contribution in [0.15, 0.2) is 55.0 Å². The molecule has 0 radical (unpaired) electrons. The molecule has 4 rings (SSSR count). The van der Waals surface area contributed by atoms with E-state index in [1.165, 1.54) is 6.08 Å². The Morgan fingerprint density at radius 2 is 2.00 bits per heavy atom. The lowest BCUT2D eigenvalue weighted by molar-refractivity contribution is -0.111. The summed E-state index contributed by atoms with van der Waals surface area (Å²) < 4.78 is 7.26. The van der Waals surface area contributed by atoms with Gasteiger partial charge in [0, 0.05) is 25.4 Å². The second-order valence-electron chi connectivity index (χ2n) is 5.94. The highest BCUT2D eigenvalue weighted by Crippen LogP contribution is 2.15. The Kier molecular flexibility index (Phi) is 4.61. The molecular formula is C19H19N5O2. The Morgan fingerprint density at radius 1 is 1.12 bits per heavy atom. The summed E-state index contributed by atoms with van der Waals surface area (Å²) in [7, 11) is 0. The number of hydrogen-bond acceptors (Lipinski definition) is 5. The van der Waals surface area contributed by atoms with Gasteiger partial charge in [-0.3, -0.25) is 4.79 Å². The predicted molar refractivity (Wildman–Crippen MR) is 100 cm³/mol. The standard InChI is InChI=1S/C19H19N5O2/c25-19(7-5-16-14-21-18-3-1-2-8-24(16)18)22-15-4-6-17(20-13-15)23-9-11-26-12-10-23/h1-8,13-14H,9-12H2,(H,22,25)/b7-5+. The topological polar surface area (TPSA) is 71.8 Å². The minimum atomic E-state index is -0.211. The van der Waals surface area contributed by atoms with E-state index in [1.54, 1.807) is 18.5 Å². The summed E-state index contributed by atoms with van der Waals surface area (Å²) in [5.41, 5.74) is 2.35. The molecule has 4 heterocycles. The monoisotopic (exact) mass is 349 g/mol. The Morgan fingerprint density at radius 3 is 2.81 bits per heavy atom. The molecule has 0 aromatic carbocycles. The quantitative estimate of drug-likeness (QED) is 0.731. The molecule has 1 N–H and O–H groups in total. The molecule has 3 aromatic rings. The first-order valence-electron chi connectivity index (χ1n) is 8.49. The molecule has 0 spiro atoms. The van der Waals surface area contributed by atoms with Crippen molar-refractivity contribution < 1.29 is 9.53 Å². The summed E-state index contributed by atoms with van der Waals surface area (Å²) in [4.78, 5) is 23.0. The molecule has 0 aliphatic carbocycles. The molecule has 0 atom stereocenters. The van der Waals surface area contributed by atoms with Gasteiger partial charge in [-0.1, -0.05) is 6.07 Å². The second-order valence-corrected chi connectivity index (χ2v) is 5.94. The third-order valence-electron chi connectivity index (χ3n) is 4.20. The number of carbonyl (C=O) groups excluding carboxylic acids is 1. The van der Waals surface area contributed by atoms with Crippen LogP contribution < -0.4 is 10.2 Å². The molecule has 132 valence electrons. The van der Waals surface area contributed by atoms with Crippen LogP contribution in [0.3, 0.4) is 0 Å². The highest BCUT2D eigenvalue weighted by Gasteiger charge is 2.12. The van der Waals surface area contributed by atoms with Crippen molar-refractivity contribution in [3.05, 3.63) is 60.7 Å². The van der Waals surface area contributed by atoms with Crippen molar-refractivity contribution in [3.63, 3.8) is 0 Å². The fourth-order valence-corrected chi connectivity index (χ4v) is 2.86. The number of ether oxygens (including phenoxy) is 1.